The SMILES string of the molecule is CC(=O)CC(=O)N(C)CC1CCCOC1. The predicted octanol–water partition coefficient (Wildman–Crippen LogP) is 0.851. The summed E-state index contributed by atoms with van der Waals surface area (Å²) in [6, 6.07) is 0. The van der Waals surface area contributed by atoms with Crippen LogP contribution in [0.4, 0.5) is 0 Å². The number of rotatable bonds is 4. The van der Waals surface area contributed by atoms with Gasteiger partial charge in [0.25, 0.3) is 0 Å². The predicted molar refractivity (Wildman–Crippen MR) is 56.5 cm³/mol. The van der Waals surface area contributed by atoms with Gasteiger partial charge in [0.1, 0.15) is 5.78 Å². The van der Waals surface area contributed by atoms with Crippen LogP contribution in [0.25, 0.3) is 0 Å². The van der Waals surface area contributed by atoms with Crippen molar-refractivity contribution in [3.8, 4) is 0 Å². The van der Waals surface area contributed by atoms with E-state index in [-0.39, 0.29) is 18.1 Å². The Hall–Kier alpha value is -0.900. The minimum Gasteiger partial charge on any atom is -0.381 e. The van der Waals surface area contributed by atoms with Crippen molar-refractivity contribution in [3.05, 3.63) is 0 Å². The molecule has 1 aliphatic heterocycles. The average Bonchev–Trinajstić information content (AvgIpc) is 2.18. The molecule has 1 amide bonds. The summed E-state index contributed by atoms with van der Waals surface area (Å²) in [6.07, 6.45) is 2.20. The average molecular weight is 213 g/mol. The number of nitrogens with zero attached hydrogens (tertiary/aromatic N) is 1. The first-order chi connectivity index (χ1) is 7.09. The van der Waals surface area contributed by atoms with Crippen molar-refractivity contribution in [2.45, 2.75) is 26.2 Å². The monoisotopic (exact) mass is 213 g/mol. The van der Waals surface area contributed by atoms with E-state index in [1.54, 1.807) is 11.9 Å². The van der Waals surface area contributed by atoms with Gasteiger partial charge in [0, 0.05) is 20.2 Å². The van der Waals surface area contributed by atoms with E-state index in [4.69, 9.17) is 4.74 Å². The molecule has 0 bridgehead atoms. The van der Waals surface area contributed by atoms with Crippen LogP contribution in [0.2, 0.25) is 0 Å². The number of hydrogen-bond acceptors (Lipinski definition) is 3. The summed E-state index contributed by atoms with van der Waals surface area (Å²) >= 11 is 0. The summed E-state index contributed by atoms with van der Waals surface area (Å²) in [5, 5.41) is 0. The first-order valence-corrected chi connectivity index (χ1v) is 5.40. The Morgan fingerprint density at radius 2 is 2.20 bits per heavy atom. The van der Waals surface area contributed by atoms with Crippen molar-refractivity contribution in [2.75, 3.05) is 26.8 Å². The maximum atomic E-state index is 11.5. The highest BCUT2D eigenvalue weighted by Gasteiger charge is 2.19. The van der Waals surface area contributed by atoms with Crippen molar-refractivity contribution < 1.29 is 14.3 Å². The molecule has 0 saturated carbocycles. The fraction of sp³-hybridized carbons (Fsp3) is 0.818. The summed E-state index contributed by atoms with van der Waals surface area (Å²) in [6.45, 7) is 3.71. The van der Waals surface area contributed by atoms with Gasteiger partial charge in [-0.15, -0.1) is 0 Å². The van der Waals surface area contributed by atoms with Crippen LogP contribution in [0.1, 0.15) is 26.2 Å². The molecule has 15 heavy (non-hydrogen) atoms. The van der Waals surface area contributed by atoms with Crippen molar-refractivity contribution in [2.24, 2.45) is 5.92 Å². The Bertz CT molecular complexity index is 234. The normalized spacial score (nSPS) is 21.1. The molecule has 1 aliphatic rings. The van der Waals surface area contributed by atoms with E-state index >= 15 is 0 Å². The topological polar surface area (TPSA) is 46.6 Å². The van der Waals surface area contributed by atoms with Crippen LogP contribution in [0, 0.1) is 5.92 Å². The van der Waals surface area contributed by atoms with Crippen LogP contribution in [0.15, 0.2) is 0 Å². The molecule has 0 aromatic heterocycles. The lowest BCUT2D eigenvalue weighted by molar-refractivity contribution is -0.134. The highest BCUT2D eigenvalue weighted by atomic mass is 16.5. The molecule has 0 N–H and O–H groups in total. The zero-order valence-corrected chi connectivity index (χ0v) is 9.49. The van der Waals surface area contributed by atoms with E-state index in [0.717, 1.165) is 26.1 Å². The van der Waals surface area contributed by atoms with Gasteiger partial charge in [-0.05, 0) is 25.7 Å². The number of carbonyl (C=O) groups excluding carboxylic acids is 2. The van der Waals surface area contributed by atoms with Gasteiger partial charge in [0.15, 0.2) is 0 Å². The first kappa shape index (κ1) is 12.2. The number of amides is 1. The van der Waals surface area contributed by atoms with E-state index in [0.29, 0.717) is 12.5 Å². The summed E-state index contributed by atoms with van der Waals surface area (Å²) in [5.41, 5.74) is 0. The Morgan fingerprint density at radius 1 is 1.47 bits per heavy atom. The number of ketones is 1. The maximum absolute atomic E-state index is 11.5. The standard InChI is InChI=1S/C11H19NO3/c1-9(13)6-11(14)12(2)7-10-4-3-5-15-8-10/h10H,3-8H2,1-2H3. The second kappa shape index (κ2) is 5.85. The van der Waals surface area contributed by atoms with Crippen molar-refractivity contribution in [1.29, 1.82) is 0 Å². The molecule has 1 unspecified atom stereocenters. The van der Waals surface area contributed by atoms with Crippen molar-refractivity contribution >= 4 is 11.7 Å². The fourth-order valence-corrected chi connectivity index (χ4v) is 1.79. The molecule has 1 heterocycles. The van der Waals surface area contributed by atoms with E-state index in [1.807, 2.05) is 0 Å². The molecule has 0 aromatic carbocycles. The molecule has 1 rings (SSSR count). The minimum absolute atomic E-state index is 0.0179. The van der Waals surface area contributed by atoms with E-state index in [9.17, 15) is 9.59 Å². The molecule has 1 fully saturated rings. The molecule has 0 spiro atoms. The molecular formula is C11H19NO3. The molecule has 0 aromatic rings. The van der Waals surface area contributed by atoms with Gasteiger partial charge >= 0.3 is 0 Å². The number of ether oxygens (including phenoxy) is 1. The molecule has 4 heteroatoms. The van der Waals surface area contributed by atoms with Gasteiger partial charge < -0.3 is 9.64 Å². The van der Waals surface area contributed by atoms with Gasteiger partial charge in [-0.2, -0.15) is 0 Å². The zero-order valence-electron chi connectivity index (χ0n) is 9.49. The largest absolute Gasteiger partial charge is 0.381 e. The first-order valence-electron chi connectivity index (χ1n) is 5.40. The van der Waals surface area contributed by atoms with Crippen LogP contribution in [-0.2, 0) is 14.3 Å². The highest BCUT2D eigenvalue weighted by Crippen LogP contribution is 2.14. The van der Waals surface area contributed by atoms with E-state index in [2.05, 4.69) is 0 Å². The molecule has 4 nitrogen and oxygen atoms in total. The Balaban J connectivity index is 2.29. The lowest BCUT2D eigenvalue weighted by Gasteiger charge is -2.26. The van der Waals surface area contributed by atoms with E-state index in [1.165, 1.54) is 6.92 Å². The van der Waals surface area contributed by atoms with Crippen LogP contribution >= 0.6 is 0 Å². The summed E-state index contributed by atoms with van der Waals surface area (Å²) in [5.74, 6) is 0.263. The summed E-state index contributed by atoms with van der Waals surface area (Å²) in [4.78, 5) is 23.9. The molecule has 86 valence electrons. The van der Waals surface area contributed by atoms with Crippen LogP contribution in [0.5, 0.6) is 0 Å². The van der Waals surface area contributed by atoms with Crippen LogP contribution < -0.4 is 0 Å². The lowest BCUT2D eigenvalue weighted by atomic mass is 10.0. The highest BCUT2D eigenvalue weighted by molar-refractivity contribution is 5.96. The van der Waals surface area contributed by atoms with Gasteiger partial charge in [-0.1, -0.05) is 0 Å². The summed E-state index contributed by atoms with van der Waals surface area (Å²) < 4.78 is 5.34. The second-order valence-electron chi connectivity index (χ2n) is 4.24. The Morgan fingerprint density at radius 3 is 2.73 bits per heavy atom. The lowest BCUT2D eigenvalue weighted by Crippen LogP contribution is -2.35. The van der Waals surface area contributed by atoms with Gasteiger partial charge in [-0.3, -0.25) is 9.59 Å². The molecule has 0 aliphatic carbocycles. The van der Waals surface area contributed by atoms with Crippen LogP contribution in [0.3, 0.4) is 0 Å². The van der Waals surface area contributed by atoms with Crippen molar-refractivity contribution in [3.63, 3.8) is 0 Å². The maximum Gasteiger partial charge on any atom is 0.229 e. The third-order valence-electron chi connectivity index (χ3n) is 2.61. The zero-order chi connectivity index (χ0) is 11.3. The quantitative estimate of drug-likeness (QED) is 0.650. The van der Waals surface area contributed by atoms with Crippen molar-refractivity contribution in [1.82, 2.24) is 4.90 Å². The summed E-state index contributed by atoms with van der Waals surface area (Å²) in [7, 11) is 1.75. The fourth-order valence-electron chi connectivity index (χ4n) is 1.79. The number of carbonyl (C=O) groups is 2. The molecule has 1 saturated heterocycles. The number of Topliss-reactive ketones (excluding diaryl/α,β-unsaturated/α-hetero) is 1. The van der Waals surface area contributed by atoms with Gasteiger partial charge in [-0.25, -0.2) is 0 Å². The van der Waals surface area contributed by atoms with Gasteiger partial charge in [0.2, 0.25) is 5.91 Å². The second-order valence-corrected chi connectivity index (χ2v) is 4.24. The molecular weight excluding hydrogens is 194 g/mol. The molecule has 0 radical (unpaired) electrons. The third kappa shape index (κ3) is 4.42. The van der Waals surface area contributed by atoms with Gasteiger partial charge in [0.05, 0.1) is 13.0 Å². The third-order valence-corrected chi connectivity index (χ3v) is 2.61. The van der Waals surface area contributed by atoms with Crippen LogP contribution in [-0.4, -0.2) is 43.4 Å². The van der Waals surface area contributed by atoms with E-state index < -0.39 is 0 Å². The Labute approximate surface area is 90.6 Å². The smallest absolute Gasteiger partial charge is 0.229 e. The molecule has 1 atom stereocenters. The number of hydrogen-bond donors (Lipinski definition) is 0. The minimum atomic E-state index is -0.0897. The Kier molecular flexibility index (Phi) is 4.75.